The van der Waals surface area contributed by atoms with Crippen LogP contribution in [0.3, 0.4) is 0 Å². The van der Waals surface area contributed by atoms with Gasteiger partial charge in [-0.1, -0.05) is 20.8 Å². The van der Waals surface area contributed by atoms with Crippen LogP contribution in [0.4, 0.5) is 14.5 Å². The lowest BCUT2D eigenvalue weighted by molar-refractivity contribution is -0.117. The second-order valence-electron chi connectivity index (χ2n) is 5.40. The van der Waals surface area contributed by atoms with E-state index in [1.54, 1.807) is 0 Å². The highest BCUT2D eigenvalue weighted by molar-refractivity contribution is 6.00. The number of halogens is 2. The normalized spacial score (nSPS) is 11.2. The lowest BCUT2D eigenvalue weighted by atomic mass is 9.92. The summed E-state index contributed by atoms with van der Waals surface area (Å²) < 4.78 is 26.1. The molecule has 0 radical (unpaired) electrons. The van der Waals surface area contributed by atoms with E-state index in [2.05, 4.69) is 5.32 Å². The third-order valence-corrected chi connectivity index (χ3v) is 2.26. The van der Waals surface area contributed by atoms with Crippen LogP contribution in [0.2, 0.25) is 0 Å². The van der Waals surface area contributed by atoms with E-state index in [0.717, 1.165) is 0 Å². The molecule has 4 nitrogen and oxygen atoms in total. The van der Waals surface area contributed by atoms with E-state index in [-0.39, 0.29) is 17.5 Å². The number of carbonyl (C=O) groups is 2. The Hall–Kier alpha value is -1.98. The van der Waals surface area contributed by atoms with Crippen LogP contribution in [0.5, 0.6) is 0 Å². The molecule has 0 spiro atoms. The molecule has 0 saturated heterocycles. The molecule has 0 unspecified atom stereocenters. The van der Waals surface area contributed by atoms with Gasteiger partial charge in [-0.3, -0.25) is 4.79 Å². The van der Waals surface area contributed by atoms with Crippen molar-refractivity contribution in [1.29, 1.82) is 0 Å². The first-order valence-corrected chi connectivity index (χ1v) is 5.62. The number of benzene rings is 1. The maximum absolute atomic E-state index is 13.1. The fourth-order valence-corrected chi connectivity index (χ4v) is 1.50. The van der Waals surface area contributed by atoms with Crippen molar-refractivity contribution in [2.24, 2.45) is 5.41 Å². The summed E-state index contributed by atoms with van der Waals surface area (Å²) in [6.45, 7) is 5.49. The number of rotatable bonds is 3. The molecule has 2 N–H and O–H groups in total. The molecule has 0 heterocycles. The second-order valence-corrected chi connectivity index (χ2v) is 5.40. The predicted octanol–water partition coefficient (Wildman–Crippen LogP) is 3.04. The molecule has 0 bridgehead atoms. The summed E-state index contributed by atoms with van der Waals surface area (Å²) in [6, 6.07) is 1.21. The van der Waals surface area contributed by atoms with Crippen molar-refractivity contribution in [3.05, 3.63) is 29.3 Å². The third kappa shape index (κ3) is 4.31. The molecule has 1 rings (SSSR count). The van der Waals surface area contributed by atoms with E-state index < -0.39 is 29.1 Å². The Morgan fingerprint density at radius 2 is 1.74 bits per heavy atom. The van der Waals surface area contributed by atoms with Gasteiger partial charge in [-0.05, 0) is 11.5 Å². The first-order chi connectivity index (χ1) is 8.60. The summed E-state index contributed by atoms with van der Waals surface area (Å²) in [5.74, 6) is -4.38. The third-order valence-electron chi connectivity index (χ3n) is 2.26. The smallest absolute Gasteiger partial charge is 0.337 e. The van der Waals surface area contributed by atoms with Gasteiger partial charge >= 0.3 is 5.97 Å². The highest BCUT2D eigenvalue weighted by Gasteiger charge is 2.20. The van der Waals surface area contributed by atoms with Gasteiger partial charge < -0.3 is 10.4 Å². The largest absolute Gasteiger partial charge is 0.478 e. The molecule has 1 aromatic rings. The molecular formula is C13H15F2NO3. The predicted molar refractivity (Wildman–Crippen MR) is 66.0 cm³/mol. The molecule has 104 valence electrons. The Morgan fingerprint density at radius 1 is 1.21 bits per heavy atom. The van der Waals surface area contributed by atoms with E-state index in [4.69, 9.17) is 5.11 Å². The summed E-state index contributed by atoms with van der Waals surface area (Å²) in [7, 11) is 0. The Balaban J connectivity index is 3.03. The molecule has 1 amide bonds. The molecule has 0 aliphatic heterocycles. The van der Waals surface area contributed by atoms with Crippen LogP contribution in [0.25, 0.3) is 0 Å². The molecular weight excluding hydrogens is 256 g/mol. The second kappa shape index (κ2) is 5.34. The van der Waals surface area contributed by atoms with Gasteiger partial charge in [-0.2, -0.15) is 0 Å². The Bertz CT molecular complexity index is 521. The van der Waals surface area contributed by atoms with Crippen molar-refractivity contribution in [2.75, 3.05) is 5.32 Å². The lowest BCUT2D eigenvalue weighted by Gasteiger charge is -2.18. The van der Waals surface area contributed by atoms with Crippen LogP contribution in [0.1, 0.15) is 37.6 Å². The Labute approximate surface area is 109 Å². The monoisotopic (exact) mass is 271 g/mol. The summed E-state index contributed by atoms with van der Waals surface area (Å²) in [5, 5.41) is 11.2. The molecule has 6 heteroatoms. The van der Waals surface area contributed by atoms with Gasteiger partial charge in [0.05, 0.1) is 11.3 Å². The van der Waals surface area contributed by atoms with Gasteiger partial charge in [0.15, 0.2) is 11.6 Å². The minimum absolute atomic E-state index is 0.130. The van der Waals surface area contributed by atoms with E-state index in [1.165, 1.54) is 0 Å². The fourth-order valence-electron chi connectivity index (χ4n) is 1.50. The summed E-state index contributed by atoms with van der Waals surface area (Å²) in [4.78, 5) is 22.6. The number of carbonyl (C=O) groups excluding carboxylic acids is 1. The molecule has 0 saturated carbocycles. The van der Waals surface area contributed by atoms with Crippen LogP contribution in [0.15, 0.2) is 12.1 Å². The highest BCUT2D eigenvalue weighted by atomic mass is 19.2. The SMILES string of the molecule is CC(C)(C)CC(=O)Nc1cc(F)c(F)cc1C(=O)O. The maximum Gasteiger partial charge on any atom is 0.337 e. The Kier molecular flexibility index (Phi) is 4.24. The number of hydrogen-bond donors (Lipinski definition) is 2. The van der Waals surface area contributed by atoms with Crippen LogP contribution >= 0.6 is 0 Å². The average molecular weight is 271 g/mol. The zero-order valence-electron chi connectivity index (χ0n) is 10.9. The van der Waals surface area contributed by atoms with Crippen LogP contribution in [-0.2, 0) is 4.79 Å². The number of carboxylic acid groups (broad SMARTS) is 1. The zero-order valence-corrected chi connectivity index (χ0v) is 10.9. The summed E-state index contributed by atoms with van der Waals surface area (Å²) in [5.41, 5.74) is -1.03. The zero-order chi connectivity index (χ0) is 14.8. The van der Waals surface area contributed by atoms with Crippen molar-refractivity contribution < 1.29 is 23.5 Å². The van der Waals surface area contributed by atoms with Gasteiger partial charge in [-0.15, -0.1) is 0 Å². The summed E-state index contributed by atoms with van der Waals surface area (Å²) >= 11 is 0. The van der Waals surface area contributed by atoms with Gasteiger partial charge in [-0.25, -0.2) is 13.6 Å². The van der Waals surface area contributed by atoms with Crippen LogP contribution in [0, 0.1) is 17.0 Å². The topological polar surface area (TPSA) is 66.4 Å². The van der Waals surface area contributed by atoms with Crippen molar-refractivity contribution in [2.45, 2.75) is 27.2 Å². The van der Waals surface area contributed by atoms with E-state index in [9.17, 15) is 18.4 Å². The minimum Gasteiger partial charge on any atom is -0.478 e. The average Bonchev–Trinajstić information content (AvgIpc) is 2.19. The minimum atomic E-state index is -1.44. The van der Waals surface area contributed by atoms with E-state index in [1.807, 2.05) is 20.8 Å². The summed E-state index contributed by atoms with van der Waals surface area (Å²) in [6.07, 6.45) is 0.130. The van der Waals surface area contributed by atoms with Gasteiger partial charge in [0.25, 0.3) is 0 Å². The first-order valence-electron chi connectivity index (χ1n) is 5.62. The quantitative estimate of drug-likeness (QED) is 0.888. The fraction of sp³-hybridized carbons (Fsp3) is 0.385. The standard InChI is InChI=1S/C13H15F2NO3/c1-13(2,3)6-11(17)16-10-5-9(15)8(14)4-7(10)12(18)19/h4-5H,6H2,1-3H3,(H,16,17)(H,18,19). The number of aromatic carboxylic acids is 1. The van der Waals surface area contributed by atoms with E-state index in [0.29, 0.717) is 12.1 Å². The Morgan fingerprint density at radius 3 is 2.21 bits per heavy atom. The number of anilines is 1. The van der Waals surface area contributed by atoms with Crippen LogP contribution in [-0.4, -0.2) is 17.0 Å². The van der Waals surface area contributed by atoms with Crippen molar-refractivity contribution >= 4 is 17.6 Å². The van der Waals surface area contributed by atoms with Crippen LogP contribution < -0.4 is 5.32 Å². The number of hydrogen-bond acceptors (Lipinski definition) is 2. The molecule has 0 aliphatic carbocycles. The van der Waals surface area contributed by atoms with Gasteiger partial charge in [0, 0.05) is 12.5 Å². The van der Waals surface area contributed by atoms with Crippen molar-refractivity contribution in [1.82, 2.24) is 0 Å². The number of amides is 1. The van der Waals surface area contributed by atoms with Crippen molar-refractivity contribution in [3.63, 3.8) is 0 Å². The molecule has 0 fully saturated rings. The molecule has 0 aromatic heterocycles. The number of carboxylic acids is 1. The molecule has 1 aromatic carbocycles. The highest BCUT2D eigenvalue weighted by Crippen LogP contribution is 2.23. The van der Waals surface area contributed by atoms with E-state index >= 15 is 0 Å². The maximum atomic E-state index is 13.1. The molecule has 19 heavy (non-hydrogen) atoms. The molecule has 0 atom stereocenters. The van der Waals surface area contributed by atoms with Crippen molar-refractivity contribution in [3.8, 4) is 0 Å². The first kappa shape index (κ1) is 15.1. The number of nitrogens with one attached hydrogen (secondary N) is 1. The molecule has 0 aliphatic rings. The van der Waals surface area contributed by atoms with Gasteiger partial charge in [0.1, 0.15) is 0 Å². The lowest BCUT2D eigenvalue weighted by Crippen LogP contribution is -2.21. The van der Waals surface area contributed by atoms with Gasteiger partial charge in [0.2, 0.25) is 5.91 Å².